The number of anilines is 2. The van der Waals surface area contributed by atoms with Gasteiger partial charge in [0.2, 0.25) is 5.91 Å². The number of nitrogens with two attached hydrogens (primary N) is 1. The third-order valence-electron chi connectivity index (χ3n) is 3.05. The number of hydrogen-bond donors (Lipinski definition) is 2. The molecule has 0 aliphatic carbocycles. The van der Waals surface area contributed by atoms with E-state index in [0.717, 1.165) is 27.4 Å². The Kier molecular flexibility index (Phi) is 4.91. The molecule has 0 saturated heterocycles. The molecule has 1 amide bonds. The van der Waals surface area contributed by atoms with E-state index in [2.05, 4.69) is 11.4 Å². The van der Waals surface area contributed by atoms with Crippen molar-refractivity contribution in [3.8, 4) is 0 Å². The van der Waals surface area contributed by atoms with Gasteiger partial charge in [-0.3, -0.25) is 4.79 Å². The van der Waals surface area contributed by atoms with E-state index in [1.54, 1.807) is 0 Å². The van der Waals surface area contributed by atoms with Crippen LogP contribution in [0.25, 0.3) is 0 Å². The predicted molar refractivity (Wildman–Crippen MR) is 90.7 cm³/mol. The SMILES string of the molecule is Cc1cc(C)cc(NC(=O)C(C)Sc2ccc(N)cc2)c1. The van der Waals surface area contributed by atoms with Crippen LogP contribution in [0, 0.1) is 13.8 Å². The Bertz CT molecular complexity index is 617. The fourth-order valence-corrected chi connectivity index (χ4v) is 2.96. The highest BCUT2D eigenvalue weighted by atomic mass is 32.2. The first-order chi connectivity index (χ1) is 9.94. The van der Waals surface area contributed by atoms with Gasteiger partial charge in [-0.2, -0.15) is 0 Å². The normalized spacial score (nSPS) is 12.0. The quantitative estimate of drug-likeness (QED) is 0.662. The van der Waals surface area contributed by atoms with E-state index in [-0.39, 0.29) is 11.2 Å². The lowest BCUT2D eigenvalue weighted by molar-refractivity contribution is -0.115. The molecule has 0 heterocycles. The summed E-state index contributed by atoms with van der Waals surface area (Å²) in [6.45, 7) is 5.95. The number of carbonyl (C=O) groups is 1. The van der Waals surface area contributed by atoms with Crippen molar-refractivity contribution in [3.05, 3.63) is 53.6 Å². The van der Waals surface area contributed by atoms with Crippen LogP contribution in [0.15, 0.2) is 47.4 Å². The van der Waals surface area contributed by atoms with Crippen molar-refractivity contribution in [2.75, 3.05) is 11.1 Å². The summed E-state index contributed by atoms with van der Waals surface area (Å²) in [5.74, 6) is 0.00169. The van der Waals surface area contributed by atoms with Crippen molar-refractivity contribution in [3.63, 3.8) is 0 Å². The zero-order chi connectivity index (χ0) is 15.4. The molecule has 0 aromatic heterocycles. The van der Waals surface area contributed by atoms with Gasteiger partial charge in [0.25, 0.3) is 0 Å². The van der Waals surface area contributed by atoms with Gasteiger partial charge >= 0.3 is 0 Å². The Morgan fingerprint density at radius 1 is 1.10 bits per heavy atom. The fraction of sp³-hybridized carbons (Fsp3) is 0.235. The highest BCUT2D eigenvalue weighted by Crippen LogP contribution is 2.25. The predicted octanol–water partition coefficient (Wildman–Crippen LogP) is 4.00. The number of rotatable bonds is 4. The van der Waals surface area contributed by atoms with Crippen LogP contribution in [-0.4, -0.2) is 11.2 Å². The summed E-state index contributed by atoms with van der Waals surface area (Å²) >= 11 is 1.52. The number of nitrogens with one attached hydrogen (secondary N) is 1. The first-order valence-electron chi connectivity index (χ1n) is 6.85. The second-order valence-corrected chi connectivity index (χ2v) is 6.61. The molecular formula is C17H20N2OS. The molecule has 2 aromatic carbocycles. The van der Waals surface area contributed by atoms with Crippen LogP contribution in [0.5, 0.6) is 0 Å². The topological polar surface area (TPSA) is 55.1 Å². The minimum absolute atomic E-state index is 0.00169. The summed E-state index contributed by atoms with van der Waals surface area (Å²) in [5.41, 5.74) is 9.52. The Morgan fingerprint density at radius 2 is 1.67 bits per heavy atom. The van der Waals surface area contributed by atoms with E-state index in [9.17, 15) is 4.79 Å². The molecule has 2 rings (SSSR count). The van der Waals surface area contributed by atoms with Gasteiger partial charge in [0.15, 0.2) is 0 Å². The molecule has 0 saturated carbocycles. The molecule has 21 heavy (non-hydrogen) atoms. The molecule has 0 aliphatic rings. The van der Waals surface area contributed by atoms with E-state index >= 15 is 0 Å². The van der Waals surface area contributed by atoms with Crippen LogP contribution in [0.1, 0.15) is 18.1 Å². The van der Waals surface area contributed by atoms with Crippen LogP contribution in [0.2, 0.25) is 0 Å². The average molecular weight is 300 g/mol. The lowest BCUT2D eigenvalue weighted by Crippen LogP contribution is -2.22. The molecule has 3 N–H and O–H groups in total. The van der Waals surface area contributed by atoms with Crippen molar-refractivity contribution in [2.24, 2.45) is 0 Å². The molecule has 2 aromatic rings. The summed E-state index contributed by atoms with van der Waals surface area (Å²) in [5, 5.41) is 2.80. The number of hydrogen-bond acceptors (Lipinski definition) is 3. The van der Waals surface area contributed by atoms with Crippen molar-refractivity contribution in [1.82, 2.24) is 0 Å². The number of benzene rings is 2. The maximum atomic E-state index is 12.2. The molecule has 0 fully saturated rings. The summed E-state index contributed by atoms with van der Waals surface area (Å²) in [7, 11) is 0. The van der Waals surface area contributed by atoms with Crippen molar-refractivity contribution in [1.29, 1.82) is 0 Å². The maximum Gasteiger partial charge on any atom is 0.237 e. The maximum absolute atomic E-state index is 12.2. The monoisotopic (exact) mass is 300 g/mol. The van der Waals surface area contributed by atoms with Crippen molar-refractivity contribution < 1.29 is 4.79 Å². The van der Waals surface area contributed by atoms with Crippen molar-refractivity contribution >= 4 is 29.0 Å². The number of carbonyl (C=O) groups excluding carboxylic acids is 1. The minimum Gasteiger partial charge on any atom is -0.399 e. The molecule has 1 atom stereocenters. The summed E-state index contributed by atoms with van der Waals surface area (Å²) in [6.07, 6.45) is 0. The van der Waals surface area contributed by atoms with Crippen LogP contribution in [0.3, 0.4) is 0 Å². The van der Waals surface area contributed by atoms with Crippen LogP contribution in [0.4, 0.5) is 11.4 Å². The summed E-state index contributed by atoms with van der Waals surface area (Å²) in [4.78, 5) is 13.3. The number of nitrogen functional groups attached to an aromatic ring is 1. The number of amides is 1. The van der Waals surface area contributed by atoms with Gasteiger partial charge in [0, 0.05) is 16.3 Å². The molecule has 1 unspecified atom stereocenters. The molecule has 4 heteroatoms. The first kappa shape index (κ1) is 15.4. The molecule has 3 nitrogen and oxygen atoms in total. The van der Waals surface area contributed by atoms with Crippen molar-refractivity contribution in [2.45, 2.75) is 30.9 Å². The van der Waals surface area contributed by atoms with Gasteiger partial charge in [-0.05, 0) is 68.3 Å². The van der Waals surface area contributed by atoms with E-state index in [0.29, 0.717) is 0 Å². The van der Waals surface area contributed by atoms with Crippen LogP contribution < -0.4 is 11.1 Å². The lowest BCUT2D eigenvalue weighted by Gasteiger charge is -2.13. The van der Waals surface area contributed by atoms with Gasteiger partial charge in [-0.25, -0.2) is 0 Å². The summed E-state index contributed by atoms with van der Waals surface area (Å²) in [6, 6.07) is 13.6. The Morgan fingerprint density at radius 3 is 2.24 bits per heavy atom. The standard InChI is InChI=1S/C17H20N2OS/c1-11-8-12(2)10-15(9-11)19-17(20)13(3)21-16-6-4-14(18)5-7-16/h4-10,13H,18H2,1-3H3,(H,19,20). The lowest BCUT2D eigenvalue weighted by atomic mass is 10.1. The van der Waals surface area contributed by atoms with E-state index in [4.69, 9.17) is 5.73 Å². The third-order valence-corrected chi connectivity index (χ3v) is 4.16. The van der Waals surface area contributed by atoms with Gasteiger partial charge in [0.1, 0.15) is 0 Å². The molecular weight excluding hydrogens is 280 g/mol. The average Bonchev–Trinajstić information content (AvgIpc) is 2.40. The Balaban J connectivity index is 2.00. The molecule has 0 bridgehead atoms. The third kappa shape index (κ3) is 4.53. The van der Waals surface area contributed by atoms with Gasteiger partial charge in [0.05, 0.1) is 5.25 Å². The first-order valence-corrected chi connectivity index (χ1v) is 7.73. The fourth-order valence-electron chi connectivity index (χ4n) is 2.09. The van der Waals surface area contributed by atoms with Gasteiger partial charge < -0.3 is 11.1 Å². The number of aryl methyl sites for hydroxylation is 2. The second kappa shape index (κ2) is 6.68. The van der Waals surface area contributed by atoms with E-state index < -0.39 is 0 Å². The minimum atomic E-state index is -0.172. The molecule has 0 aliphatic heterocycles. The van der Waals surface area contributed by atoms with Crippen LogP contribution in [-0.2, 0) is 4.79 Å². The highest BCUT2D eigenvalue weighted by molar-refractivity contribution is 8.00. The molecule has 0 radical (unpaired) electrons. The van der Waals surface area contributed by atoms with Crippen LogP contribution >= 0.6 is 11.8 Å². The Labute approximate surface area is 129 Å². The Hall–Kier alpha value is -1.94. The highest BCUT2D eigenvalue weighted by Gasteiger charge is 2.14. The molecule has 0 spiro atoms. The van der Waals surface area contributed by atoms with Gasteiger partial charge in [-0.1, -0.05) is 6.07 Å². The molecule has 110 valence electrons. The second-order valence-electron chi connectivity index (χ2n) is 5.19. The van der Waals surface area contributed by atoms with Gasteiger partial charge in [-0.15, -0.1) is 11.8 Å². The number of thioether (sulfide) groups is 1. The smallest absolute Gasteiger partial charge is 0.237 e. The van der Waals surface area contributed by atoms with E-state index in [1.807, 2.05) is 57.2 Å². The zero-order valence-electron chi connectivity index (χ0n) is 12.5. The largest absolute Gasteiger partial charge is 0.399 e. The zero-order valence-corrected chi connectivity index (χ0v) is 13.3. The summed E-state index contributed by atoms with van der Waals surface area (Å²) < 4.78 is 0. The van der Waals surface area contributed by atoms with E-state index in [1.165, 1.54) is 11.8 Å².